The molecule has 2 heterocycles. The van der Waals surface area contributed by atoms with Crippen molar-refractivity contribution in [3.63, 3.8) is 0 Å². The number of esters is 1. The predicted octanol–water partition coefficient (Wildman–Crippen LogP) is 6.44. The molecule has 0 saturated carbocycles. The number of ether oxygens (including phenoxy) is 2. The first-order valence-electron chi connectivity index (χ1n) is 16.6. The van der Waals surface area contributed by atoms with Gasteiger partial charge in [-0.15, -0.1) is 0 Å². The highest BCUT2D eigenvalue weighted by Gasteiger charge is 2.54. The molecule has 2 aliphatic heterocycles. The minimum absolute atomic E-state index is 0.0329. The first kappa shape index (κ1) is 36.4. The summed E-state index contributed by atoms with van der Waals surface area (Å²) >= 11 is 0. The van der Waals surface area contributed by atoms with E-state index in [4.69, 9.17) is 14.6 Å². The summed E-state index contributed by atoms with van der Waals surface area (Å²) in [5.74, 6) is -3.13. The average Bonchev–Trinajstić information content (AvgIpc) is 3.35. The Kier molecular flexibility index (Phi) is 10.3. The van der Waals surface area contributed by atoms with E-state index >= 15 is 0 Å². The summed E-state index contributed by atoms with van der Waals surface area (Å²) < 4.78 is 53.6. The van der Waals surface area contributed by atoms with Gasteiger partial charge in [-0.05, 0) is 82.0 Å². The van der Waals surface area contributed by atoms with Gasteiger partial charge >= 0.3 is 18.1 Å². The van der Waals surface area contributed by atoms with Gasteiger partial charge in [-0.3, -0.25) is 14.4 Å². The maximum absolute atomic E-state index is 13.6. The second-order valence-electron chi connectivity index (χ2n) is 12.4. The minimum Gasteiger partial charge on any atom is -0.456 e. The molecule has 2 aliphatic rings. The number of unbranched alkanes of at least 4 members (excludes halogenated alkanes) is 3. The van der Waals surface area contributed by atoms with Crippen LogP contribution in [-0.2, 0) is 19.9 Å². The lowest BCUT2D eigenvalue weighted by molar-refractivity contribution is -0.170. The maximum atomic E-state index is 13.6. The number of amides is 3. The number of alkyl halides is 3. The van der Waals surface area contributed by atoms with Gasteiger partial charge in [0.1, 0.15) is 11.5 Å². The summed E-state index contributed by atoms with van der Waals surface area (Å²) in [6.07, 6.45) is -2.07. The third kappa shape index (κ3) is 6.41. The molecule has 0 aromatic heterocycles. The highest BCUT2D eigenvalue weighted by atomic mass is 19.4. The topological polar surface area (TPSA) is 125 Å². The molecule has 2 N–H and O–H groups in total. The fourth-order valence-electron chi connectivity index (χ4n) is 6.76. The van der Waals surface area contributed by atoms with Crippen molar-refractivity contribution in [1.82, 2.24) is 5.32 Å². The fraction of sp³-hybridized carbons (Fsp3) is 0.405. The molecule has 266 valence electrons. The van der Waals surface area contributed by atoms with Crippen molar-refractivity contribution in [2.24, 2.45) is 0 Å². The predicted molar refractivity (Wildman–Crippen MR) is 180 cm³/mol. The molecular formula is C37H40F3N3O7. The van der Waals surface area contributed by atoms with E-state index in [-0.39, 0.29) is 58.8 Å². The van der Waals surface area contributed by atoms with E-state index in [2.05, 4.69) is 5.32 Å². The zero-order chi connectivity index (χ0) is 36.5. The number of hydrogen-bond acceptors (Lipinski definition) is 7. The number of hydrogen-bond donors (Lipinski definition) is 2. The number of aliphatic hydroxyl groups is 1. The van der Waals surface area contributed by atoms with E-state index in [1.807, 2.05) is 0 Å². The lowest BCUT2D eigenvalue weighted by Gasteiger charge is -2.38. The van der Waals surface area contributed by atoms with Gasteiger partial charge < -0.3 is 29.7 Å². The van der Waals surface area contributed by atoms with Crippen LogP contribution in [0.2, 0.25) is 0 Å². The number of carbonyl (C=O) groups is 4. The monoisotopic (exact) mass is 695 g/mol. The molecule has 1 spiro atoms. The second kappa shape index (κ2) is 14.1. The van der Waals surface area contributed by atoms with E-state index in [0.29, 0.717) is 58.8 Å². The van der Waals surface area contributed by atoms with Crippen LogP contribution >= 0.6 is 0 Å². The summed E-state index contributed by atoms with van der Waals surface area (Å²) in [5.41, 5.74) is 1.19. The first-order valence-corrected chi connectivity index (χ1v) is 16.6. The quantitative estimate of drug-likeness (QED) is 0.175. The molecule has 0 radical (unpaired) electrons. The first-order chi connectivity index (χ1) is 23.7. The van der Waals surface area contributed by atoms with Crippen molar-refractivity contribution < 1.29 is 46.9 Å². The van der Waals surface area contributed by atoms with Crippen molar-refractivity contribution in [2.45, 2.75) is 72.1 Å². The molecule has 5 rings (SSSR count). The van der Waals surface area contributed by atoms with Gasteiger partial charge in [0.25, 0.3) is 5.91 Å². The lowest BCUT2D eigenvalue weighted by Crippen LogP contribution is -2.41. The molecule has 1 unspecified atom stereocenters. The van der Waals surface area contributed by atoms with E-state index in [0.717, 1.165) is 12.8 Å². The molecule has 3 amide bonds. The summed E-state index contributed by atoms with van der Waals surface area (Å²) in [4.78, 5) is 54.1. The third-order valence-corrected chi connectivity index (χ3v) is 9.15. The average molecular weight is 696 g/mol. The van der Waals surface area contributed by atoms with E-state index in [1.165, 1.54) is 36.9 Å². The van der Waals surface area contributed by atoms with Gasteiger partial charge in [-0.1, -0.05) is 12.8 Å². The van der Waals surface area contributed by atoms with Gasteiger partial charge in [0.15, 0.2) is 5.60 Å². The van der Waals surface area contributed by atoms with E-state index < -0.39 is 23.7 Å². The Morgan fingerprint density at radius 1 is 0.840 bits per heavy atom. The highest BCUT2D eigenvalue weighted by molar-refractivity contribution is 6.02. The summed E-state index contributed by atoms with van der Waals surface area (Å²) in [6.45, 7) is 8.56. The normalized spacial score (nSPS) is 15.8. The summed E-state index contributed by atoms with van der Waals surface area (Å²) in [6, 6.07) is 10.8. The van der Waals surface area contributed by atoms with Crippen molar-refractivity contribution >= 4 is 35.1 Å². The molecule has 1 atom stereocenters. The van der Waals surface area contributed by atoms with Crippen LogP contribution in [0.3, 0.4) is 0 Å². The Hall–Kier alpha value is -4.91. The molecule has 0 aliphatic carbocycles. The molecule has 0 fully saturated rings. The molecule has 0 saturated heterocycles. The number of anilines is 2. The number of fused-ring (bicyclic) bond motifs is 6. The number of benzene rings is 3. The number of nitrogens with zero attached hydrogens (tertiary/aromatic N) is 2. The van der Waals surface area contributed by atoms with Crippen LogP contribution in [-0.4, -0.2) is 61.2 Å². The Morgan fingerprint density at radius 2 is 1.42 bits per heavy atom. The minimum atomic E-state index is -5.13. The van der Waals surface area contributed by atoms with Crippen molar-refractivity contribution in [1.29, 1.82) is 0 Å². The summed E-state index contributed by atoms with van der Waals surface area (Å²) in [7, 11) is 0. The fourth-order valence-corrected chi connectivity index (χ4v) is 6.76. The van der Waals surface area contributed by atoms with Gasteiger partial charge in [0.05, 0.1) is 16.9 Å². The zero-order valence-corrected chi connectivity index (χ0v) is 28.6. The third-order valence-electron chi connectivity index (χ3n) is 9.15. The number of nitrogens with one attached hydrogen (secondary N) is 1. The molecule has 0 bridgehead atoms. The zero-order valence-electron chi connectivity index (χ0n) is 28.6. The van der Waals surface area contributed by atoms with E-state index in [9.17, 15) is 32.3 Å². The summed E-state index contributed by atoms with van der Waals surface area (Å²) in [5, 5.41) is 11.9. The smallest absolute Gasteiger partial charge is 0.456 e. The molecular weight excluding hydrogens is 655 g/mol. The molecule has 13 heteroatoms. The van der Waals surface area contributed by atoms with Gasteiger partial charge in [0, 0.05) is 67.6 Å². The van der Waals surface area contributed by atoms with Crippen molar-refractivity contribution in [3.8, 4) is 11.5 Å². The number of halogens is 3. The van der Waals surface area contributed by atoms with Gasteiger partial charge in [-0.2, -0.15) is 13.2 Å². The Bertz CT molecular complexity index is 1860. The van der Waals surface area contributed by atoms with Crippen LogP contribution in [0.5, 0.6) is 11.5 Å². The number of carbonyl (C=O) groups excluding carboxylic acids is 4. The molecule has 3 aromatic rings. The van der Waals surface area contributed by atoms with Crippen LogP contribution in [0.15, 0.2) is 42.5 Å². The number of rotatable bonds is 11. The van der Waals surface area contributed by atoms with Crippen LogP contribution in [0, 0.1) is 13.8 Å². The number of aliphatic hydroxyl groups excluding tert-OH is 1. The Morgan fingerprint density at radius 3 is 1.96 bits per heavy atom. The highest BCUT2D eigenvalue weighted by Crippen LogP contribution is 2.58. The van der Waals surface area contributed by atoms with Gasteiger partial charge in [-0.25, -0.2) is 4.79 Å². The van der Waals surface area contributed by atoms with Crippen LogP contribution in [0.25, 0.3) is 0 Å². The van der Waals surface area contributed by atoms with Crippen molar-refractivity contribution in [2.75, 3.05) is 36.0 Å². The second-order valence-corrected chi connectivity index (χ2v) is 12.4. The maximum Gasteiger partial charge on any atom is 0.471 e. The van der Waals surface area contributed by atoms with Crippen LogP contribution < -0.4 is 19.9 Å². The SMILES string of the molecule is CCN(C(C)=O)c1cc2c(cc1C)C1(OC(=O)c3ccc(C(=O)NCCCCCCO)cc31)c1cc(C)c(N(CC)C(=O)C(F)(F)F)cc1O2. The van der Waals surface area contributed by atoms with E-state index in [1.54, 1.807) is 45.0 Å². The van der Waals surface area contributed by atoms with Gasteiger partial charge in [0.2, 0.25) is 5.91 Å². The Balaban J connectivity index is 1.71. The van der Waals surface area contributed by atoms with Crippen LogP contribution in [0.4, 0.5) is 24.5 Å². The Labute approximate surface area is 288 Å². The standard InChI is InChI=1S/C37H40F3N3O7/c1-6-42(23(5)45)29-19-31-27(16-21(29)3)36(28-17-22(4)30(20-32(28)49-31)43(7-2)35(48)37(38,39)40)26-18-24(12-13-25(26)34(47)50-36)33(46)41-14-10-8-9-11-15-44/h12-13,16-20,44H,6-11,14-15H2,1-5H3,(H,41,46). The molecule has 10 nitrogen and oxygen atoms in total. The van der Waals surface area contributed by atoms with Crippen LogP contribution in [0.1, 0.15) is 95.0 Å². The number of aryl methyl sites for hydroxylation is 2. The molecule has 3 aromatic carbocycles. The largest absolute Gasteiger partial charge is 0.471 e. The molecule has 50 heavy (non-hydrogen) atoms. The van der Waals surface area contributed by atoms with Crippen molar-refractivity contribution in [3.05, 3.63) is 81.4 Å². The lowest BCUT2D eigenvalue weighted by atomic mass is 9.76.